The minimum absolute atomic E-state index is 0.394. The molecular formula is C23H20N4O2. The average molecular weight is 384 g/mol. The van der Waals surface area contributed by atoms with Gasteiger partial charge in [0.05, 0.1) is 16.7 Å². The average Bonchev–Trinajstić information content (AvgIpc) is 3.44. The molecule has 29 heavy (non-hydrogen) atoms. The molecule has 4 aromatic rings. The van der Waals surface area contributed by atoms with Crippen LogP contribution in [0.4, 0.5) is 5.95 Å². The Morgan fingerprint density at radius 2 is 1.76 bits per heavy atom. The summed E-state index contributed by atoms with van der Waals surface area (Å²) in [4.78, 5) is 32.1. The largest absolute Gasteiger partial charge is 0.340 e. The van der Waals surface area contributed by atoms with E-state index in [1.807, 2.05) is 70.8 Å². The summed E-state index contributed by atoms with van der Waals surface area (Å²) in [7, 11) is 0. The number of Topliss-reactive ketones (excluding diaryl/α,β-unsaturated/α-hetero) is 1. The minimum Gasteiger partial charge on any atom is -0.340 e. The number of carbonyl (C=O) groups excluding carboxylic acids is 2. The Hall–Kier alpha value is -3.67. The molecule has 0 saturated carbocycles. The van der Waals surface area contributed by atoms with Crippen molar-refractivity contribution >= 4 is 28.7 Å². The maximum Gasteiger partial charge on any atom is 0.303 e. The van der Waals surface area contributed by atoms with Gasteiger partial charge in [-0.1, -0.05) is 42.0 Å². The molecule has 6 nitrogen and oxygen atoms in total. The number of carbonyl (C=O) groups is 2. The van der Waals surface area contributed by atoms with Gasteiger partial charge in [0.1, 0.15) is 0 Å². The van der Waals surface area contributed by atoms with Gasteiger partial charge < -0.3 is 9.13 Å². The van der Waals surface area contributed by atoms with Crippen LogP contribution in [0.5, 0.6) is 0 Å². The molecule has 2 aromatic carbocycles. The quantitative estimate of drug-likeness (QED) is 0.400. The zero-order chi connectivity index (χ0) is 20.0. The summed E-state index contributed by atoms with van der Waals surface area (Å²) in [5.41, 5.74) is 4.47. The molecule has 0 unspecified atom stereocenters. The van der Waals surface area contributed by atoms with Crippen LogP contribution < -0.4 is 4.90 Å². The Bertz CT molecular complexity index is 1230. The highest BCUT2D eigenvalue weighted by atomic mass is 16.2. The molecule has 5 rings (SSSR count). The molecule has 0 atom stereocenters. The standard InChI is InChI=1S/C23H20N4O2/c1-16-8-10-17(11-9-16)15-25-12-4-7-20(25)21(28)22(29)27-14-13-26-19-6-3-2-5-18(19)24-23(26)27/h2-12H,13-15H2,1H3. The third-order valence-corrected chi connectivity index (χ3v) is 5.40. The second kappa shape index (κ2) is 6.74. The van der Waals surface area contributed by atoms with Gasteiger partial charge in [-0.3, -0.25) is 14.5 Å². The van der Waals surface area contributed by atoms with Crippen LogP contribution in [0.15, 0.2) is 66.9 Å². The molecule has 144 valence electrons. The Morgan fingerprint density at radius 1 is 0.966 bits per heavy atom. The second-order valence-electron chi connectivity index (χ2n) is 7.34. The lowest BCUT2D eigenvalue weighted by atomic mass is 10.1. The number of amides is 1. The van der Waals surface area contributed by atoms with Crippen LogP contribution >= 0.6 is 0 Å². The zero-order valence-corrected chi connectivity index (χ0v) is 16.1. The third-order valence-electron chi connectivity index (χ3n) is 5.40. The van der Waals surface area contributed by atoms with Crippen molar-refractivity contribution in [2.24, 2.45) is 0 Å². The molecule has 1 amide bonds. The van der Waals surface area contributed by atoms with Crippen LogP contribution in [0.1, 0.15) is 21.6 Å². The van der Waals surface area contributed by atoms with Crippen molar-refractivity contribution in [1.82, 2.24) is 14.1 Å². The number of rotatable bonds is 4. The van der Waals surface area contributed by atoms with E-state index < -0.39 is 11.7 Å². The van der Waals surface area contributed by atoms with E-state index in [2.05, 4.69) is 4.98 Å². The fraction of sp³-hybridized carbons (Fsp3) is 0.174. The molecule has 0 aliphatic carbocycles. The summed E-state index contributed by atoms with van der Waals surface area (Å²) in [5.74, 6) is -0.508. The smallest absolute Gasteiger partial charge is 0.303 e. The van der Waals surface area contributed by atoms with Gasteiger partial charge in [-0.25, -0.2) is 4.98 Å². The molecule has 1 aliphatic rings. The van der Waals surface area contributed by atoms with Crippen molar-refractivity contribution in [1.29, 1.82) is 0 Å². The highest BCUT2D eigenvalue weighted by molar-refractivity contribution is 6.46. The number of fused-ring (bicyclic) bond motifs is 3. The van der Waals surface area contributed by atoms with Gasteiger partial charge in [-0.2, -0.15) is 0 Å². The summed E-state index contributed by atoms with van der Waals surface area (Å²) in [5, 5.41) is 0. The predicted molar refractivity (Wildman–Crippen MR) is 111 cm³/mol. The molecule has 2 aromatic heterocycles. The van der Waals surface area contributed by atoms with Crippen molar-refractivity contribution in [2.45, 2.75) is 20.0 Å². The van der Waals surface area contributed by atoms with Gasteiger partial charge >= 0.3 is 5.91 Å². The maximum absolute atomic E-state index is 13.0. The summed E-state index contributed by atoms with van der Waals surface area (Å²) >= 11 is 0. The van der Waals surface area contributed by atoms with E-state index in [0.29, 0.717) is 31.3 Å². The molecule has 0 spiro atoms. The molecule has 0 radical (unpaired) electrons. The van der Waals surface area contributed by atoms with E-state index in [9.17, 15) is 9.59 Å². The van der Waals surface area contributed by atoms with E-state index in [4.69, 9.17) is 0 Å². The minimum atomic E-state index is -0.539. The Balaban J connectivity index is 1.42. The predicted octanol–water partition coefficient (Wildman–Crippen LogP) is 3.42. The normalized spacial score (nSPS) is 13.1. The van der Waals surface area contributed by atoms with Crippen molar-refractivity contribution in [3.8, 4) is 0 Å². The van der Waals surface area contributed by atoms with E-state index >= 15 is 0 Å². The van der Waals surface area contributed by atoms with Crippen LogP contribution in [-0.2, 0) is 17.9 Å². The van der Waals surface area contributed by atoms with Crippen LogP contribution in [0.25, 0.3) is 11.0 Å². The Kier molecular flexibility index (Phi) is 4.05. The van der Waals surface area contributed by atoms with Crippen molar-refractivity contribution in [3.05, 3.63) is 83.7 Å². The molecule has 0 saturated heterocycles. The lowest BCUT2D eigenvalue weighted by Crippen LogP contribution is -2.36. The van der Waals surface area contributed by atoms with Gasteiger partial charge in [0.2, 0.25) is 5.95 Å². The number of para-hydroxylation sites is 2. The Morgan fingerprint density at radius 3 is 2.59 bits per heavy atom. The van der Waals surface area contributed by atoms with Gasteiger partial charge in [0.25, 0.3) is 5.78 Å². The van der Waals surface area contributed by atoms with Gasteiger partial charge in [-0.15, -0.1) is 0 Å². The zero-order valence-electron chi connectivity index (χ0n) is 16.1. The first kappa shape index (κ1) is 17.4. The van der Waals surface area contributed by atoms with E-state index in [0.717, 1.165) is 16.6 Å². The summed E-state index contributed by atoms with van der Waals surface area (Å²) < 4.78 is 3.82. The molecule has 0 fully saturated rings. The fourth-order valence-corrected chi connectivity index (χ4v) is 3.86. The van der Waals surface area contributed by atoms with Gasteiger partial charge in [0.15, 0.2) is 0 Å². The number of nitrogens with zero attached hydrogens (tertiary/aromatic N) is 4. The topological polar surface area (TPSA) is 60.1 Å². The summed E-state index contributed by atoms with van der Waals surface area (Å²) in [6, 6.07) is 19.4. The van der Waals surface area contributed by atoms with Crippen LogP contribution in [0.3, 0.4) is 0 Å². The van der Waals surface area contributed by atoms with Gasteiger partial charge in [-0.05, 0) is 36.8 Å². The van der Waals surface area contributed by atoms with Crippen molar-refractivity contribution in [3.63, 3.8) is 0 Å². The number of hydrogen-bond acceptors (Lipinski definition) is 3. The highest BCUT2D eigenvalue weighted by Gasteiger charge is 2.33. The molecular weight excluding hydrogens is 364 g/mol. The molecule has 0 bridgehead atoms. The number of aromatic nitrogens is 3. The second-order valence-corrected chi connectivity index (χ2v) is 7.34. The van der Waals surface area contributed by atoms with E-state index in [-0.39, 0.29) is 0 Å². The number of hydrogen-bond donors (Lipinski definition) is 0. The third kappa shape index (κ3) is 2.93. The first-order chi connectivity index (χ1) is 14.1. The number of anilines is 1. The maximum atomic E-state index is 13.0. The van der Waals surface area contributed by atoms with Crippen molar-refractivity contribution in [2.75, 3.05) is 11.4 Å². The van der Waals surface area contributed by atoms with Crippen molar-refractivity contribution < 1.29 is 9.59 Å². The van der Waals surface area contributed by atoms with Crippen LogP contribution in [0.2, 0.25) is 0 Å². The lowest BCUT2D eigenvalue weighted by Gasteiger charge is -2.14. The van der Waals surface area contributed by atoms with E-state index in [1.165, 1.54) is 10.5 Å². The van der Waals surface area contributed by atoms with Crippen LogP contribution in [0, 0.1) is 6.92 Å². The number of imidazole rings is 1. The van der Waals surface area contributed by atoms with Gasteiger partial charge in [0, 0.05) is 25.8 Å². The summed E-state index contributed by atoms with van der Waals surface area (Å²) in [6.07, 6.45) is 1.83. The number of benzene rings is 2. The Labute approximate surface area is 168 Å². The molecule has 1 aliphatic heterocycles. The van der Waals surface area contributed by atoms with Crippen LogP contribution in [-0.4, -0.2) is 32.4 Å². The first-order valence-corrected chi connectivity index (χ1v) is 9.64. The highest BCUT2D eigenvalue weighted by Crippen LogP contribution is 2.27. The monoisotopic (exact) mass is 384 g/mol. The first-order valence-electron chi connectivity index (χ1n) is 9.64. The fourth-order valence-electron chi connectivity index (χ4n) is 3.86. The van der Waals surface area contributed by atoms with E-state index in [1.54, 1.807) is 12.1 Å². The summed E-state index contributed by atoms with van der Waals surface area (Å²) in [6.45, 7) is 3.67. The molecule has 3 heterocycles. The number of ketones is 1. The SMILES string of the molecule is Cc1ccc(Cn2cccc2C(=O)C(=O)N2CCn3c2nc2ccccc23)cc1. The number of aryl methyl sites for hydroxylation is 1. The molecule has 0 N–H and O–H groups in total. The lowest BCUT2D eigenvalue weighted by molar-refractivity contribution is -0.114. The molecule has 6 heteroatoms.